The molecule has 96 valence electrons. The molecule has 2 aromatic heterocycles. The minimum Gasteiger partial charge on any atom is -0.384 e. The van der Waals surface area contributed by atoms with E-state index in [1.54, 1.807) is 12.4 Å². The van der Waals surface area contributed by atoms with Crippen molar-refractivity contribution in [2.24, 2.45) is 0 Å². The van der Waals surface area contributed by atoms with Crippen molar-refractivity contribution in [3.63, 3.8) is 0 Å². The molecule has 3 aromatic rings. The summed E-state index contributed by atoms with van der Waals surface area (Å²) in [6.45, 7) is 2.81. The minimum atomic E-state index is -0.673. The molecule has 1 unspecified atom stereocenters. The van der Waals surface area contributed by atoms with E-state index in [-0.39, 0.29) is 0 Å². The number of aliphatic hydroxyl groups excluding tert-OH is 1. The molecule has 4 nitrogen and oxygen atoms in total. The fraction of sp³-hybridized carbons (Fsp3) is 0.200. The first-order valence-electron chi connectivity index (χ1n) is 6.33. The Morgan fingerprint density at radius 1 is 1.26 bits per heavy atom. The van der Waals surface area contributed by atoms with E-state index in [4.69, 9.17) is 0 Å². The molecular formula is C15H15N3O. The van der Waals surface area contributed by atoms with E-state index in [2.05, 4.69) is 10.1 Å². The predicted molar refractivity (Wildman–Crippen MR) is 73.7 cm³/mol. The van der Waals surface area contributed by atoms with Gasteiger partial charge in [-0.25, -0.2) is 0 Å². The van der Waals surface area contributed by atoms with Crippen molar-refractivity contribution in [2.45, 2.75) is 19.6 Å². The number of rotatable bonds is 3. The third kappa shape index (κ3) is 2.11. The standard InChI is InChI=1S/C15H15N3O/c1-2-18-10-11(9-17-18)15(19)13-5-3-7-14-12(13)6-4-8-16-14/h3-10,15,19H,2H2,1H3. The zero-order valence-corrected chi connectivity index (χ0v) is 10.7. The van der Waals surface area contributed by atoms with Gasteiger partial charge in [0.25, 0.3) is 0 Å². The summed E-state index contributed by atoms with van der Waals surface area (Å²) in [5.74, 6) is 0. The zero-order chi connectivity index (χ0) is 13.2. The Kier molecular flexibility index (Phi) is 3.01. The van der Waals surface area contributed by atoms with Gasteiger partial charge < -0.3 is 5.11 Å². The molecule has 1 aromatic carbocycles. The van der Waals surface area contributed by atoms with E-state index in [0.29, 0.717) is 0 Å². The lowest BCUT2D eigenvalue weighted by Crippen LogP contribution is -2.00. The van der Waals surface area contributed by atoms with Gasteiger partial charge in [-0.1, -0.05) is 18.2 Å². The Balaban J connectivity index is 2.08. The molecule has 0 fully saturated rings. The van der Waals surface area contributed by atoms with Gasteiger partial charge in [0.15, 0.2) is 0 Å². The smallest absolute Gasteiger partial charge is 0.108 e. The number of aliphatic hydroxyl groups is 1. The van der Waals surface area contributed by atoms with Crippen molar-refractivity contribution in [3.8, 4) is 0 Å². The Morgan fingerprint density at radius 2 is 2.16 bits per heavy atom. The number of fused-ring (bicyclic) bond motifs is 1. The molecule has 0 aliphatic carbocycles. The number of aromatic nitrogens is 3. The molecule has 0 aliphatic heterocycles. The summed E-state index contributed by atoms with van der Waals surface area (Å²) in [4.78, 5) is 4.31. The Morgan fingerprint density at radius 3 is 2.95 bits per heavy atom. The highest BCUT2D eigenvalue weighted by Crippen LogP contribution is 2.27. The van der Waals surface area contributed by atoms with Crippen LogP contribution in [0.15, 0.2) is 48.9 Å². The second-order valence-corrected chi connectivity index (χ2v) is 4.45. The second-order valence-electron chi connectivity index (χ2n) is 4.45. The first-order chi connectivity index (χ1) is 9.29. The van der Waals surface area contributed by atoms with Gasteiger partial charge in [0, 0.05) is 29.9 Å². The van der Waals surface area contributed by atoms with Crippen molar-refractivity contribution in [1.29, 1.82) is 0 Å². The van der Waals surface area contributed by atoms with Gasteiger partial charge in [0.05, 0.1) is 11.7 Å². The van der Waals surface area contributed by atoms with E-state index in [0.717, 1.165) is 28.6 Å². The van der Waals surface area contributed by atoms with E-state index in [1.165, 1.54) is 0 Å². The van der Waals surface area contributed by atoms with Crippen LogP contribution in [0.2, 0.25) is 0 Å². The second kappa shape index (κ2) is 4.82. The summed E-state index contributed by atoms with van der Waals surface area (Å²) in [6.07, 6.45) is 4.67. The van der Waals surface area contributed by atoms with Gasteiger partial charge >= 0.3 is 0 Å². The topological polar surface area (TPSA) is 50.9 Å². The maximum Gasteiger partial charge on any atom is 0.108 e. The number of aryl methyl sites for hydroxylation is 1. The maximum atomic E-state index is 10.5. The van der Waals surface area contributed by atoms with Gasteiger partial charge in [-0.2, -0.15) is 5.10 Å². The van der Waals surface area contributed by atoms with Crippen LogP contribution in [0.25, 0.3) is 10.9 Å². The highest BCUT2D eigenvalue weighted by atomic mass is 16.3. The van der Waals surface area contributed by atoms with Gasteiger partial charge in [0.1, 0.15) is 6.10 Å². The van der Waals surface area contributed by atoms with Crippen molar-refractivity contribution in [3.05, 3.63) is 60.0 Å². The van der Waals surface area contributed by atoms with Crippen LogP contribution in [0.5, 0.6) is 0 Å². The molecule has 3 rings (SSSR count). The number of hydrogen-bond acceptors (Lipinski definition) is 3. The summed E-state index contributed by atoms with van der Waals surface area (Å²) in [5, 5.41) is 15.7. The molecule has 0 spiro atoms. The molecule has 1 atom stereocenters. The summed E-state index contributed by atoms with van der Waals surface area (Å²) < 4.78 is 1.81. The summed E-state index contributed by atoms with van der Waals surface area (Å²) >= 11 is 0. The lowest BCUT2D eigenvalue weighted by atomic mass is 10.00. The molecule has 1 N–H and O–H groups in total. The Bertz CT molecular complexity index is 700. The third-order valence-corrected chi connectivity index (χ3v) is 3.27. The average molecular weight is 253 g/mol. The first-order valence-corrected chi connectivity index (χ1v) is 6.33. The van der Waals surface area contributed by atoms with Gasteiger partial charge in [-0.3, -0.25) is 9.67 Å². The van der Waals surface area contributed by atoms with Crippen LogP contribution in [0.3, 0.4) is 0 Å². The molecule has 4 heteroatoms. The van der Waals surface area contributed by atoms with Crippen LogP contribution in [0.4, 0.5) is 0 Å². The van der Waals surface area contributed by atoms with Crippen molar-refractivity contribution >= 4 is 10.9 Å². The largest absolute Gasteiger partial charge is 0.384 e. The van der Waals surface area contributed by atoms with Crippen molar-refractivity contribution in [1.82, 2.24) is 14.8 Å². The van der Waals surface area contributed by atoms with Crippen LogP contribution in [-0.4, -0.2) is 19.9 Å². The normalized spacial score (nSPS) is 12.7. The fourth-order valence-electron chi connectivity index (χ4n) is 2.24. The van der Waals surface area contributed by atoms with Crippen LogP contribution >= 0.6 is 0 Å². The van der Waals surface area contributed by atoms with Crippen molar-refractivity contribution in [2.75, 3.05) is 0 Å². The minimum absolute atomic E-state index is 0.673. The SMILES string of the molecule is CCn1cc(C(O)c2cccc3ncccc23)cn1. The first kappa shape index (κ1) is 11.9. The predicted octanol–water partition coefficient (Wildman–Crippen LogP) is 2.53. The summed E-state index contributed by atoms with van der Waals surface area (Å²) in [6, 6.07) is 9.65. The van der Waals surface area contributed by atoms with Crippen LogP contribution in [0, 0.1) is 0 Å². The number of pyridine rings is 1. The lowest BCUT2D eigenvalue weighted by Gasteiger charge is -2.11. The summed E-state index contributed by atoms with van der Waals surface area (Å²) in [5.41, 5.74) is 2.56. The molecule has 0 saturated carbocycles. The third-order valence-electron chi connectivity index (χ3n) is 3.27. The molecular weight excluding hydrogens is 238 g/mol. The highest BCUT2D eigenvalue weighted by molar-refractivity contribution is 5.82. The van der Waals surface area contributed by atoms with E-state index in [1.807, 2.05) is 48.1 Å². The van der Waals surface area contributed by atoms with E-state index in [9.17, 15) is 5.11 Å². The molecule has 0 aliphatic rings. The van der Waals surface area contributed by atoms with Gasteiger partial charge in [0.2, 0.25) is 0 Å². The maximum absolute atomic E-state index is 10.5. The Hall–Kier alpha value is -2.20. The van der Waals surface area contributed by atoms with Gasteiger partial charge in [-0.15, -0.1) is 0 Å². The lowest BCUT2D eigenvalue weighted by molar-refractivity contribution is 0.221. The van der Waals surface area contributed by atoms with Crippen LogP contribution < -0.4 is 0 Å². The highest BCUT2D eigenvalue weighted by Gasteiger charge is 2.15. The summed E-state index contributed by atoms with van der Waals surface area (Å²) in [7, 11) is 0. The van der Waals surface area contributed by atoms with E-state index >= 15 is 0 Å². The number of benzene rings is 1. The van der Waals surface area contributed by atoms with Crippen molar-refractivity contribution < 1.29 is 5.11 Å². The molecule has 0 bridgehead atoms. The number of nitrogens with zero attached hydrogens (tertiary/aromatic N) is 3. The van der Waals surface area contributed by atoms with Crippen LogP contribution in [0.1, 0.15) is 24.2 Å². The molecule has 0 radical (unpaired) electrons. The number of hydrogen-bond donors (Lipinski definition) is 1. The van der Waals surface area contributed by atoms with Crippen LogP contribution in [-0.2, 0) is 6.54 Å². The zero-order valence-electron chi connectivity index (χ0n) is 10.7. The fourth-order valence-corrected chi connectivity index (χ4v) is 2.24. The monoisotopic (exact) mass is 253 g/mol. The Labute approximate surface area is 111 Å². The molecule has 2 heterocycles. The average Bonchev–Trinajstić information content (AvgIpc) is 2.95. The molecule has 19 heavy (non-hydrogen) atoms. The van der Waals surface area contributed by atoms with E-state index < -0.39 is 6.10 Å². The quantitative estimate of drug-likeness (QED) is 0.780. The molecule has 0 amide bonds. The molecule has 0 saturated heterocycles. The van der Waals surface area contributed by atoms with Gasteiger partial charge in [-0.05, 0) is 24.6 Å².